The lowest BCUT2D eigenvalue weighted by molar-refractivity contribution is -0.384. The summed E-state index contributed by atoms with van der Waals surface area (Å²) in [7, 11) is 0. The van der Waals surface area contributed by atoms with Gasteiger partial charge in [0.05, 0.1) is 4.92 Å². The Hall–Kier alpha value is -1.29. The summed E-state index contributed by atoms with van der Waals surface area (Å²) in [4.78, 5) is 13.4. The lowest BCUT2D eigenvalue weighted by Crippen LogP contribution is -2.42. The highest BCUT2D eigenvalue weighted by Crippen LogP contribution is 2.42. The average molecular weight is 295 g/mol. The Morgan fingerprint density at radius 1 is 1.30 bits per heavy atom. The Bertz CT molecular complexity index is 521. The van der Waals surface area contributed by atoms with Crippen molar-refractivity contribution in [3.8, 4) is 0 Å². The number of hydrogen-bond donors (Lipinski definition) is 0. The average Bonchev–Trinajstić information content (AvgIpc) is 2.95. The third kappa shape index (κ3) is 2.37. The maximum Gasteiger partial charge on any atom is 0.292 e. The second-order valence-electron chi connectivity index (χ2n) is 5.81. The molecule has 1 saturated heterocycles. The SMILES string of the molecule is O=[N+]([O-])c1cc(CCl)ccc1N1CCCC2CCCC21. The van der Waals surface area contributed by atoms with Gasteiger partial charge in [0.2, 0.25) is 0 Å². The Kier molecular flexibility index (Phi) is 3.83. The zero-order valence-corrected chi connectivity index (χ0v) is 12.2. The van der Waals surface area contributed by atoms with E-state index < -0.39 is 0 Å². The quantitative estimate of drug-likeness (QED) is 0.479. The summed E-state index contributed by atoms with van der Waals surface area (Å²) >= 11 is 5.79. The van der Waals surface area contributed by atoms with Crippen LogP contribution >= 0.6 is 11.6 Å². The number of piperidine rings is 1. The zero-order valence-electron chi connectivity index (χ0n) is 11.4. The second-order valence-corrected chi connectivity index (χ2v) is 6.08. The molecule has 1 aromatic rings. The van der Waals surface area contributed by atoms with Crippen LogP contribution in [0, 0.1) is 16.0 Å². The van der Waals surface area contributed by atoms with E-state index in [1.165, 1.54) is 25.7 Å². The van der Waals surface area contributed by atoms with Crippen LogP contribution in [0.4, 0.5) is 11.4 Å². The minimum atomic E-state index is -0.274. The van der Waals surface area contributed by atoms with Crippen LogP contribution < -0.4 is 4.90 Å². The molecule has 1 heterocycles. The lowest BCUT2D eigenvalue weighted by atomic mass is 9.91. The van der Waals surface area contributed by atoms with E-state index in [0.29, 0.717) is 11.9 Å². The molecule has 1 aliphatic heterocycles. The van der Waals surface area contributed by atoms with E-state index in [0.717, 1.165) is 30.1 Å². The molecule has 3 rings (SSSR count). The van der Waals surface area contributed by atoms with Gasteiger partial charge in [-0.25, -0.2) is 0 Å². The second kappa shape index (κ2) is 5.60. The van der Waals surface area contributed by atoms with E-state index in [1.807, 2.05) is 12.1 Å². The lowest BCUT2D eigenvalue weighted by Gasteiger charge is -2.39. The van der Waals surface area contributed by atoms with Crippen molar-refractivity contribution in [3.05, 3.63) is 33.9 Å². The number of rotatable bonds is 3. The van der Waals surface area contributed by atoms with E-state index >= 15 is 0 Å². The first-order chi connectivity index (χ1) is 9.70. The molecular weight excluding hydrogens is 276 g/mol. The molecule has 1 aromatic carbocycles. The molecule has 0 bridgehead atoms. The van der Waals surface area contributed by atoms with E-state index in [9.17, 15) is 10.1 Å². The number of anilines is 1. The van der Waals surface area contributed by atoms with Crippen molar-refractivity contribution in [2.75, 3.05) is 11.4 Å². The van der Waals surface area contributed by atoms with Gasteiger partial charge in [0.15, 0.2) is 0 Å². The number of nitro benzene ring substituents is 1. The predicted molar refractivity (Wildman–Crippen MR) is 80.4 cm³/mol. The van der Waals surface area contributed by atoms with E-state index in [4.69, 9.17) is 11.6 Å². The third-order valence-electron chi connectivity index (χ3n) is 4.69. The van der Waals surface area contributed by atoms with Gasteiger partial charge < -0.3 is 4.90 Å². The molecule has 2 unspecified atom stereocenters. The van der Waals surface area contributed by atoms with Gasteiger partial charge in [0.25, 0.3) is 5.69 Å². The molecule has 0 N–H and O–H groups in total. The molecule has 2 atom stereocenters. The van der Waals surface area contributed by atoms with Crippen molar-refractivity contribution in [1.82, 2.24) is 0 Å². The van der Waals surface area contributed by atoms with Gasteiger partial charge >= 0.3 is 0 Å². The normalized spacial score (nSPS) is 25.6. The summed E-state index contributed by atoms with van der Waals surface area (Å²) in [5.41, 5.74) is 1.79. The summed E-state index contributed by atoms with van der Waals surface area (Å²) in [5, 5.41) is 11.4. The van der Waals surface area contributed by atoms with Crippen molar-refractivity contribution in [2.45, 2.75) is 44.0 Å². The van der Waals surface area contributed by atoms with Crippen LogP contribution in [0.25, 0.3) is 0 Å². The summed E-state index contributed by atoms with van der Waals surface area (Å²) in [5.74, 6) is 1.03. The molecule has 0 radical (unpaired) electrons. The zero-order chi connectivity index (χ0) is 14.1. The van der Waals surface area contributed by atoms with Crippen LogP contribution in [0.15, 0.2) is 18.2 Å². The number of halogens is 1. The molecular formula is C15H19ClN2O2. The fourth-order valence-electron chi connectivity index (χ4n) is 3.79. The summed E-state index contributed by atoms with van der Waals surface area (Å²) in [6.45, 7) is 0.933. The number of benzene rings is 1. The molecule has 1 saturated carbocycles. The van der Waals surface area contributed by atoms with Crippen molar-refractivity contribution < 1.29 is 4.92 Å². The molecule has 2 fully saturated rings. The Morgan fingerprint density at radius 3 is 2.85 bits per heavy atom. The highest BCUT2D eigenvalue weighted by molar-refractivity contribution is 6.17. The van der Waals surface area contributed by atoms with Gasteiger partial charge in [0, 0.05) is 24.5 Å². The number of alkyl halides is 1. The van der Waals surface area contributed by atoms with E-state index in [1.54, 1.807) is 6.07 Å². The van der Waals surface area contributed by atoms with Gasteiger partial charge in [0.1, 0.15) is 5.69 Å². The fourth-order valence-corrected chi connectivity index (χ4v) is 3.96. The first-order valence-corrected chi connectivity index (χ1v) is 7.84. The van der Waals surface area contributed by atoms with Gasteiger partial charge in [-0.2, -0.15) is 0 Å². The van der Waals surface area contributed by atoms with Crippen LogP contribution in [0.1, 0.15) is 37.7 Å². The molecule has 20 heavy (non-hydrogen) atoms. The van der Waals surface area contributed by atoms with Crippen LogP contribution in [0.2, 0.25) is 0 Å². The molecule has 0 amide bonds. The third-order valence-corrected chi connectivity index (χ3v) is 5.00. The fraction of sp³-hybridized carbons (Fsp3) is 0.600. The molecule has 2 aliphatic rings. The van der Waals surface area contributed by atoms with Gasteiger partial charge in [-0.1, -0.05) is 12.5 Å². The van der Waals surface area contributed by atoms with Crippen LogP contribution in [-0.4, -0.2) is 17.5 Å². The highest BCUT2D eigenvalue weighted by Gasteiger charge is 2.37. The van der Waals surface area contributed by atoms with E-state index in [-0.39, 0.29) is 10.6 Å². The predicted octanol–water partition coefficient (Wildman–Crippen LogP) is 4.10. The summed E-state index contributed by atoms with van der Waals surface area (Å²) < 4.78 is 0. The van der Waals surface area contributed by atoms with Crippen molar-refractivity contribution in [2.24, 2.45) is 5.92 Å². The standard InChI is InChI=1S/C15H19ClN2O2/c16-10-11-6-7-14(15(9-11)18(19)20)17-8-2-4-12-3-1-5-13(12)17/h6-7,9,12-13H,1-5,8,10H2. The molecule has 0 aromatic heterocycles. The van der Waals surface area contributed by atoms with Crippen LogP contribution in [-0.2, 0) is 5.88 Å². The number of nitrogens with zero attached hydrogens (tertiary/aromatic N) is 2. The first kappa shape index (κ1) is 13.7. The minimum Gasteiger partial charge on any atom is -0.363 e. The van der Waals surface area contributed by atoms with Crippen molar-refractivity contribution in [1.29, 1.82) is 0 Å². The van der Waals surface area contributed by atoms with Gasteiger partial charge in [-0.05, 0) is 43.2 Å². The molecule has 5 heteroatoms. The first-order valence-electron chi connectivity index (χ1n) is 7.30. The number of hydrogen-bond acceptors (Lipinski definition) is 3. The molecule has 0 spiro atoms. The van der Waals surface area contributed by atoms with Gasteiger partial charge in [-0.15, -0.1) is 11.6 Å². The molecule has 1 aliphatic carbocycles. The van der Waals surface area contributed by atoms with Crippen LogP contribution in [0.3, 0.4) is 0 Å². The van der Waals surface area contributed by atoms with E-state index in [2.05, 4.69) is 4.90 Å². The van der Waals surface area contributed by atoms with Crippen LogP contribution in [0.5, 0.6) is 0 Å². The Morgan fingerprint density at radius 2 is 2.10 bits per heavy atom. The Labute approximate surface area is 123 Å². The summed E-state index contributed by atoms with van der Waals surface area (Å²) in [6, 6.07) is 5.91. The van der Waals surface area contributed by atoms with Gasteiger partial charge in [-0.3, -0.25) is 10.1 Å². The number of fused-ring (bicyclic) bond motifs is 1. The van der Waals surface area contributed by atoms with Crippen molar-refractivity contribution >= 4 is 23.0 Å². The Balaban J connectivity index is 1.98. The smallest absolute Gasteiger partial charge is 0.292 e. The van der Waals surface area contributed by atoms with Crippen molar-refractivity contribution in [3.63, 3.8) is 0 Å². The number of nitro groups is 1. The topological polar surface area (TPSA) is 46.4 Å². The largest absolute Gasteiger partial charge is 0.363 e. The minimum absolute atomic E-state index is 0.204. The maximum absolute atomic E-state index is 11.4. The monoisotopic (exact) mass is 294 g/mol. The molecule has 4 nitrogen and oxygen atoms in total. The summed E-state index contributed by atoms with van der Waals surface area (Å²) in [6.07, 6.45) is 6.09. The molecule has 108 valence electrons. The maximum atomic E-state index is 11.4. The highest BCUT2D eigenvalue weighted by atomic mass is 35.5.